The first-order chi connectivity index (χ1) is 13.3. The smallest absolute Gasteiger partial charge is 0.429 e. The molecule has 3 rings (SSSR count). The van der Waals surface area contributed by atoms with Gasteiger partial charge in [0.2, 0.25) is 0 Å². The minimum absolute atomic E-state index is 0.122. The number of hydrogen-bond donors (Lipinski definition) is 1. The highest BCUT2D eigenvalue weighted by molar-refractivity contribution is 7.20. The number of phenolic OH excluding ortho intramolecular Hbond substituents is 1. The summed E-state index contributed by atoms with van der Waals surface area (Å²) < 4.78 is 40.7. The Morgan fingerprint density at radius 2 is 1.68 bits per heavy atom. The van der Waals surface area contributed by atoms with E-state index in [4.69, 9.17) is 0 Å². The van der Waals surface area contributed by atoms with Crippen LogP contribution in [0, 0.1) is 0 Å². The van der Waals surface area contributed by atoms with Gasteiger partial charge in [-0.3, -0.25) is 14.6 Å². The zero-order valence-electron chi connectivity index (χ0n) is 14.4. The molecule has 1 N–H and O–H groups in total. The fraction of sp³-hybridized carbons (Fsp3) is 0.150. The van der Waals surface area contributed by atoms with Crippen LogP contribution in [0.5, 0.6) is 5.75 Å². The summed E-state index contributed by atoms with van der Waals surface area (Å²) in [5.74, 6) is -1.82. The number of phenols is 1. The minimum Gasteiger partial charge on any atom is -0.507 e. The number of fused-ring (bicyclic) bond motifs is 1. The summed E-state index contributed by atoms with van der Waals surface area (Å²) in [6.07, 6.45) is -5.80. The predicted octanol–water partition coefficient (Wildman–Crippen LogP) is 5.07. The van der Waals surface area contributed by atoms with E-state index in [0.717, 1.165) is 21.4 Å². The molecule has 8 heteroatoms. The Hall–Kier alpha value is -3.00. The van der Waals surface area contributed by atoms with E-state index >= 15 is 0 Å². The highest BCUT2D eigenvalue weighted by atomic mass is 32.1. The summed E-state index contributed by atoms with van der Waals surface area (Å²) in [6, 6.07) is 14.2. The van der Waals surface area contributed by atoms with Gasteiger partial charge in [-0.15, -0.1) is 11.3 Å². The Bertz CT molecular complexity index is 1040. The van der Waals surface area contributed by atoms with Gasteiger partial charge in [-0.2, -0.15) is 13.2 Å². The molecule has 1 aromatic heterocycles. The zero-order valence-corrected chi connectivity index (χ0v) is 15.2. The maximum absolute atomic E-state index is 13.3. The Morgan fingerprint density at radius 3 is 2.36 bits per heavy atom. The van der Waals surface area contributed by atoms with Crippen LogP contribution in [0.15, 0.2) is 59.6 Å². The van der Waals surface area contributed by atoms with Crippen molar-refractivity contribution in [3.05, 3.63) is 65.0 Å². The Balaban J connectivity index is 1.80. The summed E-state index contributed by atoms with van der Waals surface area (Å²) in [4.78, 5) is 27.9. The molecule has 0 unspecified atom stereocenters. The third-order valence-corrected chi connectivity index (χ3v) is 5.13. The highest BCUT2D eigenvalue weighted by Gasteiger charge is 2.37. The Kier molecular flexibility index (Phi) is 5.60. The van der Waals surface area contributed by atoms with Crippen LogP contribution in [0.1, 0.15) is 26.5 Å². The molecular formula is C20H14F3NO3S. The van der Waals surface area contributed by atoms with Crippen molar-refractivity contribution in [2.45, 2.75) is 12.6 Å². The fourth-order valence-electron chi connectivity index (χ4n) is 2.57. The van der Waals surface area contributed by atoms with Crippen LogP contribution in [-0.4, -0.2) is 35.1 Å². The maximum atomic E-state index is 13.3. The van der Waals surface area contributed by atoms with Crippen molar-refractivity contribution in [1.82, 2.24) is 0 Å². The number of rotatable bonds is 6. The summed E-state index contributed by atoms with van der Waals surface area (Å²) in [7, 11) is 0. The van der Waals surface area contributed by atoms with E-state index < -0.39 is 36.4 Å². The van der Waals surface area contributed by atoms with Crippen LogP contribution < -0.4 is 0 Å². The van der Waals surface area contributed by atoms with E-state index in [-0.39, 0.29) is 16.2 Å². The summed E-state index contributed by atoms with van der Waals surface area (Å²) in [6.45, 7) is -0.813. The van der Waals surface area contributed by atoms with Crippen molar-refractivity contribution in [3.8, 4) is 5.75 Å². The second kappa shape index (κ2) is 7.93. The molecule has 3 aromatic rings. The third-order valence-electron chi connectivity index (χ3n) is 3.97. The Morgan fingerprint density at radius 1 is 1.00 bits per heavy atom. The molecule has 28 heavy (non-hydrogen) atoms. The number of nitrogens with zero attached hydrogens (tertiary/aromatic N) is 1. The number of thiophene rings is 1. The van der Waals surface area contributed by atoms with E-state index in [0.29, 0.717) is 0 Å². The van der Waals surface area contributed by atoms with E-state index in [1.165, 1.54) is 24.3 Å². The van der Waals surface area contributed by atoms with Gasteiger partial charge in [0.25, 0.3) is 0 Å². The van der Waals surface area contributed by atoms with E-state index in [2.05, 4.69) is 4.99 Å². The van der Waals surface area contributed by atoms with Gasteiger partial charge in [0, 0.05) is 4.70 Å². The normalized spacial score (nSPS) is 12.3. The molecular weight excluding hydrogens is 391 g/mol. The van der Waals surface area contributed by atoms with Gasteiger partial charge in [0.1, 0.15) is 18.0 Å². The average Bonchev–Trinajstić information content (AvgIpc) is 3.08. The van der Waals surface area contributed by atoms with Gasteiger partial charge in [0.15, 0.2) is 11.6 Å². The molecule has 2 aromatic carbocycles. The molecule has 1 heterocycles. The first kappa shape index (κ1) is 19.8. The van der Waals surface area contributed by atoms with Gasteiger partial charge in [-0.25, -0.2) is 0 Å². The monoisotopic (exact) mass is 405 g/mol. The lowest BCUT2D eigenvalue weighted by Crippen LogP contribution is -2.26. The lowest BCUT2D eigenvalue weighted by molar-refractivity contribution is -0.0603. The summed E-state index contributed by atoms with van der Waals surface area (Å²) in [5.41, 5.74) is -1.44. The second-order valence-corrected chi connectivity index (χ2v) is 7.03. The van der Waals surface area contributed by atoms with Gasteiger partial charge in [-0.05, 0) is 29.7 Å². The number of benzene rings is 2. The highest BCUT2D eigenvalue weighted by Crippen LogP contribution is 2.28. The molecule has 0 amide bonds. The van der Waals surface area contributed by atoms with Crippen LogP contribution in [0.3, 0.4) is 0 Å². The molecule has 0 saturated carbocycles. The summed E-state index contributed by atoms with van der Waals surface area (Å²) >= 11 is 1.11. The molecule has 144 valence electrons. The van der Waals surface area contributed by atoms with Crippen LogP contribution in [0.25, 0.3) is 10.1 Å². The molecule has 0 saturated heterocycles. The van der Waals surface area contributed by atoms with E-state index in [1.54, 1.807) is 30.3 Å². The first-order valence-corrected chi connectivity index (χ1v) is 9.01. The van der Waals surface area contributed by atoms with Gasteiger partial charge < -0.3 is 5.11 Å². The SMILES string of the molecule is O=C(CC(=NCC(=O)c1ccccc1O)C(F)(F)F)c1cc2ccccc2s1. The van der Waals surface area contributed by atoms with Crippen molar-refractivity contribution in [1.29, 1.82) is 0 Å². The maximum Gasteiger partial charge on any atom is 0.429 e. The number of hydrogen-bond acceptors (Lipinski definition) is 5. The van der Waals surface area contributed by atoms with Gasteiger partial charge in [-0.1, -0.05) is 30.3 Å². The van der Waals surface area contributed by atoms with Crippen molar-refractivity contribution < 1.29 is 27.9 Å². The Labute approximate surface area is 162 Å². The largest absolute Gasteiger partial charge is 0.507 e. The predicted molar refractivity (Wildman–Crippen MR) is 102 cm³/mol. The van der Waals surface area contributed by atoms with Gasteiger partial charge in [0.05, 0.1) is 16.9 Å². The zero-order chi connectivity index (χ0) is 20.3. The van der Waals surface area contributed by atoms with Crippen LogP contribution in [0.4, 0.5) is 13.2 Å². The summed E-state index contributed by atoms with van der Waals surface area (Å²) in [5, 5.41) is 10.4. The van der Waals surface area contributed by atoms with Crippen LogP contribution in [-0.2, 0) is 0 Å². The quantitative estimate of drug-likeness (QED) is 0.460. The number of carbonyl (C=O) groups excluding carboxylic acids is 2. The molecule has 0 aliphatic carbocycles. The lowest BCUT2D eigenvalue weighted by Gasteiger charge is -2.10. The number of carbonyl (C=O) groups is 2. The molecule has 0 spiro atoms. The molecule has 0 fully saturated rings. The molecule has 0 atom stereocenters. The number of ketones is 2. The van der Waals surface area contributed by atoms with Crippen molar-refractivity contribution in [3.63, 3.8) is 0 Å². The van der Waals surface area contributed by atoms with Crippen LogP contribution in [0.2, 0.25) is 0 Å². The molecule has 0 aliphatic rings. The van der Waals surface area contributed by atoms with Crippen molar-refractivity contribution >= 4 is 38.7 Å². The lowest BCUT2D eigenvalue weighted by atomic mass is 10.1. The van der Waals surface area contributed by atoms with Gasteiger partial charge >= 0.3 is 6.18 Å². The molecule has 0 radical (unpaired) electrons. The number of alkyl halides is 3. The van der Waals surface area contributed by atoms with E-state index in [9.17, 15) is 27.9 Å². The third kappa shape index (κ3) is 4.45. The van der Waals surface area contributed by atoms with E-state index in [1.807, 2.05) is 0 Å². The number of halogens is 3. The van der Waals surface area contributed by atoms with Crippen LogP contribution >= 0.6 is 11.3 Å². The van der Waals surface area contributed by atoms with Crippen molar-refractivity contribution in [2.24, 2.45) is 4.99 Å². The minimum atomic E-state index is -4.84. The number of aliphatic imine (C=N–C) groups is 1. The average molecular weight is 405 g/mol. The fourth-order valence-corrected chi connectivity index (χ4v) is 3.57. The number of para-hydroxylation sites is 1. The number of Topliss-reactive ketones (excluding diaryl/α,β-unsaturated/α-hetero) is 2. The topological polar surface area (TPSA) is 66.7 Å². The molecule has 4 nitrogen and oxygen atoms in total. The van der Waals surface area contributed by atoms with Crippen molar-refractivity contribution in [2.75, 3.05) is 6.54 Å². The standard InChI is InChI=1S/C20H14F3NO3S/c21-20(22,23)19(24-11-16(27)13-6-2-3-7-14(13)25)10-15(26)18-9-12-5-1-4-8-17(12)28-18/h1-9,25H,10-11H2. The first-order valence-electron chi connectivity index (χ1n) is 8.19. The second-order valence-electron chi connectivity index (χ2n) is 5.95. The molecule has 0 bridgehead atoms. The molecule has 0 aliphatic heterocycles. The number of aromatic hydroxyl groups is 1.